The molecular formula is C21H28N2O2. The topological polar surface area (TPSA) is 40.6 Å². The summed E-state index contributed by atoms with van der Waals surface area (Å²) in [5.74, 6) is 1.01. The van der Waals surface area contributed by atoms with Crippen LogP contribution in [0, 0.1) is 11.8 Å². The van der Waals surface area contributed by atoms with Crippen LogP contribution in [0.25, 0.3) is 0 Å². The maximum Gasteiger partial charge on any atom is 0.226 e. The number of carbonyl (C=O) groups excluding carboxylic acids is 2. The molecule has 0 atom stereocenters. The molecule has 25 heavy (non-hydrogen) atoms. The highest BCUT2D eigenvalue weighted by atomic mass is 16.2. The zero-order valence-corrected chi connectivity index (χ0v) is 14.9. The van der Waals surface area contributed by atoms with Gasteiger partial charge in [-0.2, -0.15) is 0 Å². The Hall–Kier alpha value is -1.84. The predicted octanol–water partition coefficient (Wildman–Crippen LogP) is 3.22. The van der Waals surface area contributed by atoms with Gasteiger partial charge in [-0.25, -0.2) is 0 Å². The first kappa shape index (κ1) is 16.6. The van der Waals surface area contributed by atoms with E-state index < -0.39 is 0 Å². The average molecular weight is 340 g/mol. The number of hydrogen-bond acceptors (Lipinski definition) is 2. The lowest BCUT2D eigenvalue weighted by atomic mass is 9.83. The van der Waals surface area contributed by atoms with E-state index in [4.69, 9.17) is 0 Å². The minimum atomic E-state index is 0.0924. The summed E-state index contributed by atoms with van der Waals surface area (Å²) in [5.41, 5.74) is 1.21. The molecule has 0 radical (unpaired) electrons. The van der Waals surface area contributed by atoms with Crippen molar-refractivity contribution >= 4 is 11.8 Å². The molecule has 1 aromatic carbocycles. The van der Waals surface area contributed by atoms with Crippen LogP contribution in [0.5, 0.6) is 0 Å². The van der Waals surface area contributed by atoms with E-state index in [1.807, 2.05) is 23.1 Å². The van der Waals surface area contributed by atoms with Crippen molar-refractivity contribution in [3.05, 3.63) is 35.9 Å². The lowest BCUT2D eigenvalue weighted by Gasteiger charge is -2.37. The first-order valence-electron chi connectivity index (χ1n) is 9.85. The number of likely N-dealkylation sites (tertiary alicyclic amines) is 1. The van der Waals surface area contributed by atoms with Gasteiger partial charge in [0.15, 0.2) is 0 Å². The summed E-state index contributed by atoms with van der Waals surface area (Å²) in [6, 6.07) is 10.7. The molecule has 2 saturated carbocycles. The molecule has 4 rings (SSSR count). The van der Waals surface area contributed by atoms with E-state index in [1.54, 1.807) is 0 Å². The molecule has 1 aliphatic heterocycles. The fourth-order valence-corrected chi connectivity index (χ4v) is 4.05. The molecule has 4 heteroatoms. The van der Waals surface area contributed by atoms with Crippen LogP contribution >= 0.6 is 0 Å². The molecule has 1 saturated heterocycles. The number of rotatable bonds is 5. The van der Waals surface area contributed by atoms with E-state index in [1.165, 1.54) is 12.0 Å². The summed E-state index contributed by atoms with van der Waals surface area (Å²) in [5, 5.41) is 0. The highest BCUT2D eigenvalue weighted by Crippen LogP contribution is 2.33. The third kappa shape index (κ3) is 3.73. The van der Waals surface area contributed by atoms with Crippen LogP contribution < -0.4 is 0 Å². The fraction of sp³-hybridized carbons (Fsp3) is 0.619. The molecule has 0 spiro atoms. The van der Waals surface area contributed by atoms with Crippen molar-refractivity contribution < 1.29 is 9.59 Å². The molecule has 1 heterocycles. The van der Waals surface area contributed by atoms with Gasteiger partial charge < -0.3 is 9.80 Å². The minimum absolute atomic E-state index is 0.0924. The van der Waals surface area contributed by atoms with Gasteiger partial charge in [-0.3, -0.25) is 9.59 Å². The quantitative estimate of drug-likeness (QED) is 0.826. The standard InChI is InChI=1S/C21H28N2O2/c24-20(17-7-4-8-17)22-13-11-18(12-14-22)21(25)23(19-9-10-19)15-16-5-2-1-3-6-16/h1-3,5-6,17-19H,4,7-15H2. The molecule has 2 aliphatic carbocycles. The maximum absolute atomic E-state index is 13.1. The van der Waals surface area contributed by atoms with Gasteiger partial charge in [0.1, 0.15) is 0 Å². The van der Waals surface area contributed by atoms with Crippen LogP contribution in [0.2, 0.25) is 0 Å². The van der Waals surface area contributed by atoms with Crippen LogP contribution in [-0.4, -0.2) is 40.7 Å². The summed E-state index contributed by atoms with van der Waals surface area (Å²) >= 11 is 0. The maximum atomic E-state index is 13.1. The molecule has 0 N–H and O–H groups in total. The molecule has 0 aromatic heterocycles. The smallest absolute Gasteiger partial charge is 0.226 e. The number of piperidine rings is 1. The summed E-state index contributed by atoms with van der Waals surface area (Å²) < 4.78 is 0. The largest absolute Gasteiger partial charge is 0.342 e. The van der Waals surface area contributed by atoms with E-state index in [-0.39, 0.29) is 11.8 Å². The Morgan fingerprint density at radius 1 is 0.920 bits per heavy atom. The van der Waals surface area contributed by atoms with Gasteiger partial charge in [0, 0.05) is 37.5 Å². The SMILES string of the molecule is O=C(C1CCC1)N1CCC(C(=O)N(Cc2ccccc2)C2CC2)CC1. The highest BCUT2D eigenvalue weighted by Gasteiger charge is 2.38. The Morgan fingerprint density at radius 2 is 1.60 bits per heavy atom. The van der Waals surface area contributed by atoms with Crippen LogP contribution in [-0.2, 0) is 16.1 Å². The van der Waals surface area contributed by atoms with Crippen molar-refractivity contribution in [1.29, 1.82) is 0 Å². The second-order valence-electron chi connectivity index (χ2n) is 7.91. The van der Waals surface area contributed by atoms with Crippen LogP contribution in [0.1, 0.15) is 50.5 Å². The summed E-state index contributed by atoms with van der Waals surface area (Å²) in [6.07, 6.45) is 7.25. The number of amides is 2. The van der Waals surface area contributed by atoms with Crippen molar-refractivity contribution in [1.82, 2.24) is 9.80 Å². The van der Waals surface area contributed by atoms with E-state index >= 15 is 0 Å². The van der Waals surface area contributed by atoms with E-state index in [0.29, 0.717) is 17.9 Å². The lowest BCUT2D eigenvalue weighted by molar-refractivity contribution is -0.144. The fourth-order valence-electron chi connectivity index (χ4n) is 4.05. The van der Waals surface area contributed by atoms with Gasteiger partial charge in [0.2, 0.25) is 11.8 Å². The van der Waals surface area contributed by atoms with Crippen molar-refractivity contribution in [3.8, 4) is 0 Å². The molecule has 0 bridgehead atoms. The first-order chi connectivity index (χ1) is 12.2. The van der Waals surface area contributed by atoms with Gasteiger partial charge in [-0.15, -0.1) is 0 Å². The number of nitrogens with zero attached hydrogens (tertiary/aromatic N) is 2. The zero-order valence-electron chi connectivity index (χ0n) is 14.9. The number of hydrogen-bond donors (Lipinski definition) is 0. The highest BCUT2D eigenvalue weighted by molar-refractivity contribution is 5.82. The normalized spacial score (nSPS) is 21.7. The molecule has 134 valence electrons. The Bertz CT molecular complexity index is 614. The third-order valence-electron chi connectivity index (χ3n) is 6.08. The van der Waals surface area contributed by atoms with Crippen molar-refractivity contribution in [2.75, 3.05) is 13.1 Å². The number of carbonyl (C=O) groups is 2. The van der Waals surface area contributed by atoms with E-state index in [9.17, 15) is 9.59 Å². The van der Waals surface area contributed by atoms with E-state index in [2.05, 4.69) is 17.0 Å². The van der Waals surface area contributed by atoms with Crippen LogP contribution in [0.4, 0.5) is 0 Å². The Balaban J connectivity index is 1.34. The molecule has 2 amide bonds. The molecule has 1 aromatic rings. The van der Waals surface area contributed by atoms with E-state index in [0.717, 1.165) is 58.2 Å². The van der Waals surface area contributed by atoms with Crippen molar-refractivity contribution in [2.45, 2.75) is 57.5 Å². The van der Waals surface area contributed by atoms with Gasteiger partial charge >= 0.3 is 0 Å². The van der Waals surface area contributed by atoms with Gasteiger partial charge in [0.05, 0.1) is 0 Å². The summed E-state index contributed by atoms with van der Waals surface area (Å²) in [4.78, 5) is 29.6. The predicted molar refractivity (Wildman–Crippen MR) is 96.7 cm³/mol. The average Bonchev–Trinajstić information content (AvgIpc) is 3.43. The third-order valence-corrected chi connectivity index (χ3v) is 6.08. The van der Waals surface area contributed by atoms with Crippen LogP contribution in [0.15, 0.2) is 30.3 Å². The summed E-state index contributed by atoms with van der Waals surface area (Å²) in [6.45, 7) is 2.25. The van der Waals surface area contributed by atoms with Gasteiger partial charge in [-0.1, -0.05) is 36.8 Å². The Morgan fingerprint density at radius 3 is 2.16 bits per heavy atom. The number of benzene rings is 1. The molecule has 3 aliphatic rings. The molecular weight excluding hydrogens is 312 g/mol. The second-order valence-corrected chi connectivity index (χ2v) is 7.91. The lowest BCUT2D eigenvalue weighted by Crippen LogP contribution is -2.47. The molecule has 4 nitrogen and oxygen atoms in total. The first-order valence-corrected chi connectivity index (χ1v) is 9.85. The van der Waals surface area contributed by atoms with Crippen molar-refractivity contribution in [2.24, 2.45) is 11.8 Å². The van der Waals surface area contributed by atoms with Crippen molar-refractivity contribution in [3.63, 3.8) is 0 Å². The zero-order chi connectivity index (χ0) is 17.2. The molecule has 0 unspecified atom stereocenters. The van der Waals surface area contributed by atoms with Crippen LogP contribution in [0.3, 0.4) is 0 Å². The molecule has 3 fully saturated rings. The minimum Gasteiger partial charge on any atom is -0.342 e. The van der Waals surface area contributed by atoms with Gasteiger partial charge in [-0.05, 0) is 44.1 Å². The second kappa shape index (κ2) is 7.19. The Labute approximate surface area is 150 Å². The monoisotopic (exact) mass is 340 g/mol. The summed E-state index contributed by atoms with van der Waals surface area (Å²) in [7, 11) is 0. The Kier molecular flexibility index (Phi) is 4.78. The van der Waals surface area contributed by atoms with Gasteiger partial charge in [0.25, 0.3) is 0 Å².